The topological polar surface area (TPSA) is 14.1 Å². The van der Waals surface area contributed by atoms with E-state index < -0.39 is 0 Å². The molecule has 0 aliphatic carbocycles. The SMILES string of the molecule is Cc1ccc([N-]I)cc1. The van der Waals surface area contributed by atoms with Gasteiger partial charge >= 0.3 is 0 Å². The Morgan fingerprint density at radius 2 is 1.78 bits per heavy atom. The number of nitrogens with zero attached hydrogens (tertiary/aromatic N) is 1. The smallest absolute Gasteiger partial charge is 0.0398 e. The summed E-state index contributed by atoms with van der Waals surface area (Å²) in [7, 11) is 0. The molecular weight excluding hydrogens is 225 g/mol. The minimum atomic E-state index is 1.03. The van der Waals surface area contributed by atoms with Crippen molar-refractivity contribution < 1.29 is 0 Å². The van der Waals surface area contributed by atoms with Crippen LogP contribution in [0.15, 0.2) is 24.3 Å². The summed E-state index contributed by atoms with van der Waals surface area (Å²) in [6.45, 7) is 2.07. The van der Waals surface area contributed by atoms with Crippen LogP contribution in [-0.4, -0.2) is 0 Å². The Labute approximate surface area is 69.0 Å². The Balaban J connectivity index is 2.88. The van der Waals surface area contributed by atoms with Gasteiger partial charge in [-0.3, -0.25) is 0 Å². The third-order valence-electron chi connectivity index (χ3n) is 1.13. The zero-order valence-corrected chi connectivity index (χ0v) is 7.29. The van der Waals surface area contributed by atoms with Crippen molar-refractivity contribution in [1.82, 2.24) is 0 Å². The second kappa shape index (κ2) is 3.06. The monoisotopic (exact) mass is 232 g/mol. The Hall–Kier alpha value is -0.250. The summed E-state index contributed by atoms with van der Waals surface area (Å²) < 4.78 is 3.98. The highest BCUT2D eigenvalue weighted by molar-refractivity contribution is 14.1. The molecule has 1 nitrogen and oxygen atoms in total. The molecule has 0 atom stereocenters. The summed E-state index contributed by atoms with van der Waals surface area (Å²) in [5.41, 5.74) is 2.31. The van der Waals surface area contributed by atoms with Gasteiger partial charge in [0, 0.05) is 0 Å². The number of aryl methyl sites for hydroxylation is 1. The third kappa shape index (κ3) is 1.86. The van der Waals surface area contributed by atoms with Crippen LogP contribution in [0.4, 0.5) is 5.69 Å². The van der Waals surface area contributed by atoms with E-state index in [1.165, 1.54) is 5.56 Å². The number of benzene rings is 1. The lowest BCUT2D eigenvalue weighted by Gasteiger charge is -2.10. The predicted octanol–water partition coefficient (Wildman–Crippen LogP) is 3.35. The molecule has 0 fully saturated rings. The quantitative estimate of drug-likeness (QED) is 0.659. The largest absolute Gasteiger partial charge is 0.626 e. The second-order valence-corrected chi connectivity index (χ2v) is 2.40. The van der Waals surface area contributed by atoms with Crippen LogP contribution in [0.2, 0.25) is 0 Å². The molecule has 0 saturated carbocycles. The molecule has 1 rings (SSSR count). The second-order valence-electron chi connectivity index (χ2n) is 1.92. The van der Waals surface area contributed by atoms with Gasteiger partial charge in [0.25, 0.3) is 0 Å². The summed E-state index contributed by atoms with van der Waals surface area (Å²) >= 11 is 1.99. The van der Waals surface area contributed by atoms with Crippen LogP contribution in [0.3, 0.4) is 0 Å². The van der Waals surface area contributed by atoms with Crippen LogP contribution in [0.5, 0.6) is 0 Å². The first-order valence-corrected chi connectivity index (χ1v) is 3.68. The Morgan fingerprint density at radius 1 is 1.22 bits per heavy atom. The molecule has 0 saturated heterocycles. The maximum atomic E-state index is 3.98. The van der Waals surface area contributed by atoms with Crippen molar-refractivity contribution in [1.29, 1.82) is 0 Å². The van der Waals surface area contributed by atoms with Crippen molar-refractivity contribution in [3.05, 3.63) is 33.4 Å². The van der Waals surface area contributed by atoms with Gasteiger partial charge in [0.1, 0.15) is 0 Å². The minimum Gasteiger partial charge on any atom is -0.626 e. The first kappa shape index (κ1) is 6.86. The maximum Gasteiger partial charge on any atom is -0.0398 e. The fourth-order valence-corrected chi connectivity index (χ4v) is 0.923. The van der Waals surface area contributed by atoms with E-state index in [1.807, 2.05) is 35.0 Å². The Morgan fingerprint density at radius 3 is 2.22 bits per heavy atom. The summed E-state index contributed by atoms with van der Waals surface area (Å²) in [6.07, 6.45) is 0. The first-order valence-electron chi connectivity index (χ1n) is 2.71. The van der Waals surface area contributed by atoms with Gasteiger partial charge in [-0.15, -0.1) is 5.69 Å². The molecule has 0 aromatic heterocycles. The highest BCUT2D eigenvalue weighted by atomic mass is 127. The molecule has 0 heterocycles. The van der Waals surface area contributed by atoms with E-state index in [4.69, 9.17) is 0 Å². The summed E-state index contributed by atoms with van der Waals surface area (Å²) in [5.74, 6) is 0. The average molecular weight is 232 g/mol. The van der Waals surface area contributed by atoms with Crippen LogP contribution < -0.4 is 0 Å². The number of halogens is 1. The van der Waals surface area contributed by atoms with Gasteiger partial charge < -0.3 is 3.53 Å². The molecule has 0 aliphatic heterocycles. The van der Waals surface area contributed by atoms with Gasteiger partial charge in [-0.25, -0.2) is 22.9 Å². The van der Waals surface area contributed by atoms with Crippen molar-refractivity contribution in [3.8, 4) is 0 Å². The molecule has 0 unspecified atom stereocenters. The minimum absolute atomic E-state index is 1.03. The molecule has 0 aliphatic rings. The van der Waals surface area contributed by atoms with Gasteiger partial charge in [-0.05, 0) is 6.92 Å². The molecular formula is C7H7IN-. The van der Waals surface area contributed by atoms with Crippen LogP contribution >= 0.6 is 22.9 Å². The molecule has 0 amide bonds. The molecule has 1 aromatic rings. The summed E-state index contributed by atoms with van der Waals surface area (Å²) in [5, 5.41) is 0. The van der Waals surface area contributed by atoms with Crippen molar-refractivity contribution >= 4 is 28.6 Å². The van der Waals surface area contributed by atoms with E-state index in [9.17, 15) is 0 Å². The van der Waals surface area contributed by atoms with Gasteiger partial charge in [0.05, 0.1) is 0 Å². The van der Waals surface area contributed by atoms with E-state index in [-0.39, 0.29) is 0 Å². The van der Waals surface area contributed by atoms with Gasteiger partial charge in [-0.1, -0.05) is 29.8 Å². The number of hydrogen-bond acceptors (Lipinski definition) is 0. The molecule has 0 bridgehead atoms. The summed E-state index contributed by atoms with van der Waals surface area (Å²) in [4.78, 5) is 0. The molecule has 0 N–H and O–H groups in total. The zero-order chi connectivity index (χ0) is 6.69. The van der Waals surface area contributed by atoms with Crippen LogP contribution in [0, 0.1) is 6.92 Å². The first-order chi connectivity index (χ1) is 4.33. The van der Waals surface area contributed by atoms with E-state index in [2.05, 4.69) is 22.6 Å². The van der Waals surface area contributed by atoms with Crippen LogP contribution in [-0.2, 0) is 0 Å². The van der Waals surface area contributed by atoms with E-state index in [0.29, 0.717) is 0 Å². The molecule has 9 heavy (non-hydrogen) atoms. The van der Waals surface area contributed by atoms with Crippen molar-refractivity contribution in [2.45, 2.75) is 6.92 Å². The molecule has 0 spiro atoms. The van der Waals surface area contributed by atoms with Crippen molar-refractivity contribution in [3.63, 3.8) is 0 Å². The Bertz CT molecular complexity index is 181. The normalized spacial score (nSPS) is 9.11. The molecule has 0 radical (unpaired) electrons. The predicted molar refractivity (Wildman–Crippen MR) is 48.2 cm³/mol. The highest BCUT2D eigenvalue weighted by Crippen LogP contribution is 2.21. The van der Waals surface area contributed by atoms with Crippen molar-refractivity contribution in [2.24, 2.45) is 0 Å². The van der Waals surface area contributed by atoms with Crippen molar-refractivity contribution in [2.75, 3.05) is 0 Å². The van der Waals surface area contributed by atoms with Crippen LogP contribution in [0.1, 0.15) is 5.56 Å². The Kier molecular flexibility index (Phi) is 2.33. The fraction of sp³-hybridized carbons (Fsp3) is 0.143. The summed E-state index contributed by atoms with van der Waals surface area (Å²) in [6, 6.07) is 8.11. The lowest BCUT2D eigenvalue weighted by molar-refractivity contribution is 1.48. The number of rotatable bonds is 1. The highest BCUT2D eigenvalue weighted by Gasteiger charge is 1.77. The van der Waals surface area contributed by atoms with Gasteiger partial charge in [0.2, 0.25) is 0 Å². The zero-order valence-electron chi connectivity index (χ0n) is 5.13. The van der Waals surface area contributed by atoms with E-state index in [1.54, 1.807) is 0 Å². The lowest BCUT2D eigenvalue weighted by Crippen LogP contribution is -1.66. The molecule has 1 aromatic carbocycles. The lowest BCUT2D eigenvalue weighted by atomic mass is 10.2. The van der Waals surface area contributed by atoms with E-state index >= 15 is 0 Å². The van der Waals surface area contributed by atoms with E-state index in [0.717, 1.165) is 5.69 Å². The standard InChI is InChI=1S/C7H7IN/c1-6-2-4-7(9-8)5-3-6/h2-5H,1H3/q-1. The van der Waals surface area contributed by atoms with Gasteiger partial charge in [0.15, 0.2) is 0 Å². The average Bonchev–Trinajstić information content (AvgIpc) is 1.90. The number of hydrogen-bond donors (Lipinski definition) is 0. The fourth-order valence-electron chi connectivity index (χ4n) is 0.601. The molecule has 48 valence electrons. The third-order valence-corrected chi connectivity index (χ3v) is 1.69. The molecule has 2 heteroatoms. The van der Waals surface area contributed by atoms with Gasteiger partial charge in [-0.2, -0.15) is 0 Å². The van der Waals surface area contributed by atoms with Crippen LogP contribution in [0.25, 0.3) is 3.53 Å². The maximum absolute atomic E-state index is 3.98.